The Bertz CT molecular complexity index is 613. The van der Waals surface area contributed by atoms with Crippen LogP contribution >= 0.6 is 0 Å². The quantitative estimate of drug-likeness (QED) is 0.663. The van der Waals surface area contributed by atoms with E-state index in [0.717, 1.165) is 6.20 Å². The normalized spacial score (nSPS) is 10.2. The van der Waals surface area contributed by atoms with E-state index in [9.17, 15) is 10.1 Å². The van der Waals surface area contributed by atoms with Gasteiger partial charge in [0.15, 0.2) is 11.5 Å². The molecule has 0 atom stereocenters. The van der Waals surface area contributed by atoms with E-state index < -0.39 is 4.92 Å². The van der Waals surface area contributed by atoms with Crippen LogP contribution in [0.3, 0.4) is 0 Å². The van der Waals surface area contributed by atoms with Crippen molar-refractivity contribution in [2.24, 2.45) is 0 Å². The van der Waals surface area contributed by atoms with Gasteiger partial charge < -0.3 is 14.2 Å². The monoisotopic (exact) mass is 279 g/mol. The average Bonchev–Trinajstić information content (AvgIpc) is 2.95. The van der Waals surface area contributed by atoms with Crippen LogP contribution in [0.25, 0.3) is 11.3 Å². The first-order chi connectivity index (χ1) is 9.62. The number of hydrogen-bond acceptors (Lipinski definition) is 6. The highest BCUT2D eigenvalue weighted by molar-refractivity contribution is 5.74. The molecule has 0 unspecified atom stereocenters. The first-order valence-electron chi connectivity index (χ1n) is 5.60. The Kier molecular flexibility index (Phi) is 3.74. The molecule has 2 aromatic rings. The molecule has 8 heteroatoms. The van der Waals surface area contributed by atoms with Crippen LogP contribution in [-0.2, 0) is 0 Å². The van der Waals surface area contributed by atoms with Crippen LogP contribution in [0, 0.1) is 10.1 Å². The molecule has 1 N–H and O–H groups in total. The van der Waals surface area contributed by atoms with Gasteiger partial charge in [0.25, 0.3) is 0 Å². The van der Waals surface area contributed by atoms with Gasteiger partial charge in [-0.05, 0) is 12.1 Å². The molecule has 0 amide bonds. The zero-order valence-electron chi connectivity index (χ0n) is 11.2. The number of aromatic nitrogens is 2. The molecule has 0 radical (unpaired) electrons. The lowest BCUT2D eigenvalue weighted by atomic mass is 10.1. The van der Waals surface area contributed by atoms with Crippen molar-refractivity contribution < 1.29 is 19.1 Å². The Balaban J connectivity index is 2.63. The van der Waals surface area contributed by atoms with Crippen LogP contribution in [0.1, 0.15) is 0 Å². The van der Waals surface area contributed by atoms with Gasteiger partial charge in [-0.25, -0.2) is 0 Å². The molecular weight excluding hydrogens is 266 g/mol. The highest BCUT2D eigenvalue weighted by atomic mass is 16.6. The molecule has 1 aromatic carbocycles. The van der Waals surface area contributed by atoms with Crippen LogP contribution in [-0.4, -0.2) is 36.5 Å². The number of methoxy groups -OCH3 is 3. The average molecular weight is 279 g/mol. The van der Waals surface area contributed by atoms with E-state index in [1.165, 1.54) is 21.3 Å². The number of benzene rings is 1. The second-order valence-electron chi connectivity index (χ2n) is 3.80. The molecule has 0 saturated heterocycles. The second kappa shape index (κ2) is 5.47. The lowest BCUT2D eigenvalue weighted by Crippen LogP contribution is -1.96. The highest BCUT2D eigenvalue weighted by Crippen LogP contribution is 2.42. The van der Waals surface area contributed by atoms with Crippen molar-refractivity contribution in [2.75, 3.05) is 21.3 Å². The van der Waals surface area contributed by atoms with E-state index in [1.54, 1.807) is 12.1 Å². The largest absolute Gasteiger partial charge is 0.493 e. The summed E-state index contributed by atoms with van der Waals surface area (Å²) in [6.45, 7) is 0. The molecule has 0 aliphatic heterocycles. The zero-order chi connectivity index (χ0) is 14.7. The predicted octanol–water partition coefficient (Wildman–Crippen LogP) is 2.01. The summed E-state index contributed by atoms with van der Waals surface area (Å²) in [5, 5.41) is 17.2. The van der Waals surface area contributed by atoms with E-state index in [-0.39, 0.29) is 11.4 Å². The fourth-order valence-electron chi connectivity index (χ4n) is 1.86. The number of nitrogens with zero attached hydrogens (tertiary/aromatic N) is 2. The SMILES string of the molecule is COc1cc(-c2[nH]ncc2[N+](=O)[O-])cc(OC)c1OC. The minimum absolute atomic E-state index is 0.126. The molecule has 0 fully saturated rings. The fraction of sp³-hybridized carbons (Fsp3) is 0.250. The molecule has 1 heterocycles. The third-order valence-electron chi connectivity index (χ3n) is 2.77. The van der Waals surface area contributed by atoms with E-state index in [4.69, 9.17) is 14.2 Å². The Labute approximate surface area is 114 Å². The standard InChI is InChI=1S/C12H13N3O5/c1-18-9-4-7(5-10(19-2)12(9)20-3)11-8(15(16)17)6-13-14-11/h4-6H,1-3H3,(H,13,14). The molecule has 0 spiro atoms. The van der Waals surface area contributed by atoms with Gasteiger partial charge in [0.1, 0.15) is 11.9 Å². The lowest BCUT2D eigenvalue weighted by molar-refractivity contribution is -0.384. The summed E-state index contributed by atoms with van der Waals surface area (Å²) in [6, 6.07) is 3.23. The molecule has 106 valence electrons. The molecule has 0 saturated carbocycles. The highest BCUT2D eigenvalue weighted by Gasteiger charge is 2.21. The first-order valence-corrected chi connectivity index (χ1v) is 5.60. The maximum absolute atomic E-state index is 10.9. The minimum Gasteiger partial charge on any atom is -0.493 e. The summed E-state index contributed by atoms with van der Waals surface area (Å²) in [4.78, 5) is 10.4. The predicted molar refractivity (Wildman–Crippen MR) is 70.3 cm³/mol. The number of ether oxygens (including phenoxy) is 3. The lowest BCUT2D eigenvalue weighted by Gasteiger charge is -2.13. The maximum Gasteiger partial charge on any atom is 0.314 e. The van der Waals surface area contributed by atoms with Crippen molar-refractivity contribution in [1.82, 2.24) is 10.2 Å². The van der Waals surface area contributed by atoms with Gasteiger partial charge in [0.2, 0.25) is 5.75 Å². The van der Waals surface area contributed by atoms with Gasteiger partial charge in [0, 0.05) is 5.56 Å². The van der Waals surface area contributed by atoms with Crippen LogP contribution in [0.15, 0.2) is 18.3 Å². The Morgan fingerprint density at radius 2 is 1.75 bits per heavy atom. The van der Waals surface area contributed by atoms with Crippen molar-refractivity contribution in [2.45, 2.75) is 0 Å². The Hall–Kier alpha value is -2.77. The van der Waals surface area contributed by atoms with E-state index in [1.807, 2.05) is 0 Å². The van der Waals surface area contributed by atoms with Crippen molar-refractivity contribution in [3.63, 3.8) is 0 Å². The first kappa shape index (κ1) is 13.7. The van der Waals surface area contributed by atoms with Crippen LogP contribution in [0.5, 0.6) is 17.2 Å². The van der Waals surface area contributed by atoms with Crippen molar-refractivity contribution in [3.8, 4) is 28.5 Å². The zero-order valence-corrected chi connectivity index (χ0v) is 11.2. The van der Waals surface area contributed by atoms with Gasteiger partial charge >= 0.3 is 5.69 Å². The summed E-state index contributed by atoms with van der Waals surface area (Å²) in [5.74, 6) is 1.23. The Morgan fingerprint density at radius 1 is 1.15 bits per heavy atom. The smallest absolute Gasteiger partial charge is 0.314 e. The molecule has 20 heavy (non-hydrogen) atoms. The summed E-state index contributed by atoms with van der Waals surface area (Å²) in [6.07, 6.45) is 1.15. The molecule has 0 aliphatic carbocycles. The number of nitrogens with one attached hydrogen (secondary N) is 1. The third kappa shape index (κ3) is 2.22. The molecular formula is C12H13N3O5. The van der Waals surface area contributed by atoms with Gasteiger partial charge in [-0.3, -0.25) is 15.2 Å². The number of hydrogen-bond donors (Lipinski definition) is 1. The van der Waals surface area contributed by atoms with Crippen LogP contribution in [0.2, 0.25) is 0 Å². The summed E-state index contributed by atoms with van der Waals surface area (Å²) < 4.78 is 15.6. The van der Waals surface area contributed by atoms with Gasteiger partial charge in [0.05, 0.1) is 26.3 Å². The van der Waals surface area contributed by atoms with Gasteiger partial charge in [-0.2, -0.15) is 5.10 Å². The fourth-order valence-corrected chi connectivity index (χ4v) is 1.86. The summed E-state index contributed by atoms with van der Waals surface area (Å²) in [7, 11) is 4.43. The second-order valence-corrected chi connectivity index (χ2v) is 3.80. The molecule has 1 aromatic heterocycles. The molecule has 0 aliphatic rings. The molecule has 0 bridgehead atoms. The van der Waals surface area contributed by atoms with Crippen molar-refractivity contribution in [1.29, 1.82) is 0 Å². The molecule has 8 nitrogen and oxygen atoms in total. The van der Waals surface area contributed by atoms with Crippen molar-refractivity contribution >= 4 is 5.69 Å². The Morgan fingerprint density at radius 3 is 2.20 bits per heavy atom. The molecule has 2 rings (SSSR count). The summed E-state index contributed by atoms with van der Waals surface area (Å²) >= 11 is 0. The van der Waals surface area contributed by atoms with E-state index in [0.29, 0.717) is 22.8 Å². The minimum atomic E-state index is -0.512. The summed E-state index contributed by atoms with van der Waals surface area (Å²) in [5.41, 5.74) is 0.664. The van der Waals surface area contributed by atoms with E-state index in [2.05, 4.69) is 10.2 Å². The number of nitro groups is 1. The van der Waals surface area contributed by atoms with Crippen LogP contribution in [0.4, 0.5) is 5.69 Å². The number of H-pyrrole nitrogens is 1. The van der Waals surface area contributed by atoms with Crippen molar-refractivity contribution in [3.05, 3.63) is 28.4 Å². The van der Waals surface area contributed by atoms with Crippen LogP contribution < -0.4 is 14.2 Å². The topological polar surface area (TPSA) is 99.5 Å². The van der Waals surface area contributed by atoms with Gasteiger partial charge in [-0.15, -0.1) is 0 Å². The number of aromatic amines is 1. The maximum atomic E-state index is 10.9. The van der Waals surface area contributed by atoms with Gasteiger partial charge in [-0.1, -0.05) is 0 Å². The number of rotatable bonds is 5. The third-order valence-corrected chi connectivity index (χ3v) is 2.77. The van der Waals surface area contributed by atoms with E-state index >= 15 is 0 Å².